The van der Waals surface area contributed by atoms with Crippen LogP contribution < -0.4 is 0 Å². The van der Waals surface area contributed by atoms with Crippen molar-refractivity contribution in [2.75, 3.05) is 0 Å². The third-order valence-electron chi connectivity index (χ3n) is 8.29. The minimum Gasteiger partial charge on any atom is -0.309 e. The number of nitrogens with zero attached hydrogens (tertiary/aromatic N) is 5. The molecule has 0 aliphatic rings. The number of aromatic nitrogens is 5. The van der Waals surface area contributed by atoms with Crippen molar-refractivity contribution < 1.29 is 0 Å². The summed E-state index contributed by atoms with van der Waals surface area (Å²) in [7, 11) is 0. The largest absolute Gasteiger partial charge is 0.309 e. The van der Waals surface area contributed by atoms with Gasteiger partial charge >= 0.3 is 0 Å². The minimum absolute atomic E-state index is 0.684. The van der Waals surface area contributed by atoms with Crippen LogP contribution in [0.1, 0.15) is 0 Å². The highest BCUT2D eigenvalue weighted by molar-refractivity contribution is 6.22. The van der Waals surface area contributed by atoms with Gasteiger partial charge in [0.25, 0.3) is 0 Å². The molecule has 0 atom stereocenters. The maximum absolute atomic E-state index is 4.73. The van der Waals surface area contributed by atoms with Gasteiger partial charge in [-0.3, -0.25) is 4.98 Å². The number of para-hydroxylation sites is 3. The lowest BCUT2D eigenvalue weighted by Gasteiger charge is -2.11. The summed E-state index contributed by atoms with van der Waals surface area (Å²) in [5, 5.41) is 7.33. The number of rotatable bonds is 3. The SMILES string of the molecule is c1ccc(-n2c3ccccc3c3ccc4cc5c(cc4c32)c2ccccc2n5-c2cnc(-c3ccncc3)nc2)cc1. The first-order valence-corrected chi connectivity index (χ1v) is 14.0. The van der Waals surface area contributed by atoms with Crippen LogP contribution in [-0.4, -0.2) is 24.1 Å². The monoisotopic (exact) mass is 537 g/mol. The van der Waals surface area contributed by atoms with Crippen LogP contribution in [0, 0.1) is 0 Å². The van der Waals surface area contributed by atoms with Gasteiger partial charge in [0.15, 0.2) is 5.82 Å². The van der Waals surface area contributed by atoms with Gasteiger partial charge in [-0.25, -0.2) is 9.97 Å². The van der Waals surface area contributed by atoms with E-state index in [1.165, 1.54) is 43.4 Å². The summed E-state index contributed by atoms with van der Waals surface area (Å²) < 4.78 is 4.68. The molecule has 0 bridgehead atoms. The van der Waals surface area contributed by atoms with Crippen LogP contribution in [0.15, 0.2) is 140 Å². The molecular formula is C37H23N5. The van der Waals surface area contributed by atoms with E-state index in [0.29, 0.717) is 5.82 Å². The summed E-state index contributed by atoms with van der Waals surface area (Å²) in [6.45, 7) is 0. The Hall–Kier alpha value is -5.81. The summed E-state index contributed by atoms with van der Waals surface area (Å²) in [5.41, 5.74) is 7.73. The van der Waals surface area contributed by atoms with Crippen LogP contribution in [0.5, 0.6) is 0 Å². The standard InChI is InChI=1S/C37H23N5/c1-2-8-26(9-3-1)42-34-13-7-4-10-28(34)30-15-14-25-20-35-32(21-31(25)36(30)42)29-11-5-6-12-33(29)41(35)27-22-39-37(40-23-27)24-16-18-38-19-17-24/h1-23H. The Balaban J connectivity index is 1.36. The highest BCUT2D eigenvalue weighted by atomic mass is 15.0. The summed E-state index contributed by atoms with van der Waals surface area (Å²) >= 11 is 0. The Morgan fingerprint density at radius 1 is 0.452 bits per heavy atom. The first-order valence-electron chi connectivity index (χ1n) is 14.0. The van der Waals surface area contributed by atoms with E-state index in [9.17, 15) is 0 Å². The van der Waals surface area contributed by atoms with Crippen molar-refractivity contribution >= 4 is 54.4 Å². The molecule has 4 heterocycles. The molecule has 4 aromatic heterocycles. The Bertz CT molecular complexity index is 2440. The average molecular weight is 538 g/mol. The quantitative estimate of drug-likeness (QED) is 0.226. The van der Waals surface area contributed by atoms with Gasteiger partial charge in [0, 0.05) is 50.6 Å². The third kappa shape index (κ3) is 3.28. The van der Waals surface area contributed by atoms with E-state index < -0.39 is 0 Å². The Labute approximate surface area is 241 Å². The maximum Gasteiger partial charge on any atom is 0.159 e. The van der Waals surface area contributed by atoms with Gasteiger partial charge in [0.2, 0.25) is 0 Å². The third-order valence-corrected chi connectivity index (χ3v) is 8.29. The number of fused-ring (bicyclic) bond motifs is 8. The molecule has 42 heavy (non-hydrogen) atoms. The van der Waals surface area contributed by atoms with E-state index in [4.69, 9.17) is 9.97 Å². The van der Waals surface area contributed by atoms with Gasteiger partial charge in [-0.05, 0) is 53.9 Å². The summed E-state index contributed by atoms with van der Waals surface area (Å²) in [6.07, 6.45) is 7.35. The van der Waals surface area contributed by atoms with E-state index in [2.05, 4.69) is 117 Å². The summed E-state index contributed by atoms with van der Waals surface area (Å²) in [5.74, 6) is 0.684. The molecule has 0 N–H and O–H groups in total. The normalized spacial score (nSPS) is 11.8. The van der Waals surface area contributed by atoms with Gasteiger partial charge in [0.1, 0.15) is 0 Å². The zero-order valence-corrected chi connectivity index (χ0v) is 22.5. The summed E-state index contributed by atoms with van der Waals surface area (Å²) in [6, 6.07) is 41.0. The molecule has 9 rings (SSSR count). The zero-order valence-electron chi connectivity index (χ0n) is 22.5. The second-order valence-corrected chi connectivity index (χ2v) is 10.6. The van der Waals surface area contributed by atoms with Crippen molar-refractivity contribution in [3.63, 3.8) is 0 Å². The molecule has 196 valence electrons. The molecule has 0 spiro atoms. The first-order chi connectivity index (χ1) is 20.8. The molecule has 0 saturated carbocycles. The highest BCUT2D eigenvalue weighted by Gasteiger charge is 2.18. The van der Waals surface area contributed by atoms with Crippen LogP contribution in [0.3, 0.4) is 0 Å². The van der Waals surface area contributed by atoms with E-state index in [-0.39, 0.29) is 0 Å². The van der Waals surface area contributed by atoms with Gasteiger partial charge < -0.3 is 9.13 Å². The molecule has 5 heteroatoms. The predicted octanol–water partition coefficient (Wildman–Crippen LogP) is 8.89. The van der Waals surface area contributed by atoms with Crippen LogP contribution >= 0.6 is 0 Å². The lowest BCUT2D eigenvalue weighted by Crippen LogP contribution is -1.98. The van der Waals surface area contributed by atoms with Crippen LogP contribution in [0.2, 0.25) is 0 Å². The minimum atomic E-state index is 0.684. The van der Waals surface area contributed by atoms with E-state index in [1.54, 1.807) is 12.4 Å². The molecule has 9 aromatic rings. The zero-order chi connectivity index (χ0) is 27.6. The first kappa shape index (κ1) is 22.9. The molecule has 0 saturated heterocycles. The van der Waals surface area contributed by atoms with E-state index in [1.807, 2.05) is 24.5 Å². The Morgan fingerprint density at radius 3 is 1.88 bits per heavy atom. The van der Waals surface area contributed by atoms with Crippen molar-refractivity contribution in [1.82, 2.24) is 24.1 Å². The fourth-order valence-electron chi connectivity index (χ4n) is 6.46. The van der Waals surface area contributed by atoms with Gasteiger partial charge in [0.05, 0.1) is 40.1 Å². The number of hydrogen-bond acceptors (Lipinski definition) is 3. The fourth-order valence-corrected chi connectivity index (χ4v) is 6.46. The number of benzene rings is 5. The number of hydrogen-bond donors (Lipinski definition) is 0. The van der Waals surface area contributed by atoms with Crippen LogP contribution in [0.25, 0.3) is 77.1 Å². The molecule has 0 aliphatic carbocycles. The highest BCUT2D eigenvalue weighted by Crippen LogP contribution is 2.40. The van der Waals surface area contributed by atoms with Gasteiger partial charge in [-0.2, -0.15) is 0 Å². The topological polar surface area (TPSA) is 48.5 Å². The van der Waals surface area contributed by atoms with Crippen molar-refractivity contribution in [2.45, 2.75) is 0 Å². The molecule has 0 aliphatic heterocycles. The van der Waals surface area contributed by atoms with Crippen molar-refractivity contribution in [3.8, 4) is 22.8 Å². The fraction of sp³-hybridized carbons (Fsp3) is 0. The number of pyridine rings is 1. The predicted molar refractivity (Wildman–Crippen MR) is 171 cm³/mol. The second-order valence-electron chi connectivity index (χ2n) is 10.6. The van der Waals surface area contributed by atoms with E-state index >= 15 is 0 Å². The molecule has 0 unspecified atom stereocenters. The van der Waals surface area contributed by atoms with Gasteiger partial charge in [-0.15, -0.1) is 0 Å². The van der Waals surface area contributed by atoms with Gasteiger partial charge in [-0.1, -0.05) is 66.7 Å². The van der Waals surface area contributed by atoms with Crippen molar-refractivity contribution in [1.29, 1.82) is 0 Å². The lowest BCUT2D eigenvalue weighted by atomic mass is 10.0. The van der Waals surface area contributed by atoms with Crippen LogP contribution in [0.4, 0.5) is 0 Å². The summed E-state index contributed by atoms with van der Waals surface area (Å²) in [4.78, 5) is 13.6. The van der Waals surface area contributed by atoms with Crippen molar-refractivity contribution in [2.24, 2.45) is 0 Å². The molecule has 0 amide bonds. The van der Waals surface area contributed by atoms with E-state index in [0.717, 1.165) is 28.0 Å². The lowest BCUT2D eigenvalue weighted by molar-refractivity contribution is 1.08. The molecular weight excluding hydrogens is 514 g/mol. The molecule has 0 fully saturated rings. The molecule has 0 radical (unpaired) electrons. The smallest absolute Gasteiger partial charge is 0.159 e. The molecule has 5 nitrogen and oxygen atoms in total. The Morgan fingerprint density at radius 2 is 1.12 bits per heavy atom. The van der Waals surface area contributed by atoms with Crippen LogP contribution in [-0.2, 0) is 0 Å². The maximum atomic E-state index is 4.73. The average Bonchev–Trinajstić information content (AvgIpc) is 3.57. The molecule has 5 aromatic carbocycles. The second kappa shape index (κ2) is 8.85. The Kier molecular flexibility index (Phi) is 4.83. The van der Waals surface area contributed by atoms with Crippen molar-refractivity contribution in [3.05, 3.63) is 140 Å².